The van der Waals surface area contributed by atoms with Gasteiger partial charge in [0.2, 0.25) is 0 Å². The van der Waals surface area contributed by atoms with Crippen molar-refractivity contribution in [3.05, 3.63) is 38.8 Å². The average Bonchev–Trinajstić information content (AvgIpc) is 2.89. The summed E-state index contributed by atoms with van der Waals surface area (Å²) < 4.78 is 12.0. The van der Waals surface area contributed by atoms with Crippen LogP contribution in [0.2, 0.25) is 0 Å². The Labute approximate surface area is 126 Å². The lowest BCUT2D eigenvalue weighted by Crippen LogP contribution is -1.98. The lowest BCUT2D eigenvalue weighted by Gasteiger charge is -2.13. The SMILES string of the molecule is COc1cc(CBr)cc(Br)c1OCc1cncs1. The van der Waals surface area contributed by atoms with Crippen LogP contribution in [0.4, 0.5) is 0 Å². The van der Waals surface area contributed by atoms with E-state index in [0.29, 0.717) is 6.61 Å². The molecule has 1 aromatic carbocycles. The summed E-state index contributed by atoms with van der Waals surface area (Å²) in [6, 6.07) is 3.97. The number of hydrogen-bond acceptors (Lipinski definition) is 4. The van der Waals surface area contributed by atoms with Gasteiger partial charge in [-0.15, -0.1) is 11.3 Å². The Hall–Kier alpha value is -0.590. The third-order valence-electron chi connectivity index (χ3n) is 2.29. The zero-order chi connectivity index (χ0) is 13.0. The van der Waals surface area contributed by atoms with E-state index in [-0.39, 0.29) is 0 Å². The van der Waals surface area contributed by atoms with Crippen molar-refractivity contribution in [2.45, 2.75) is 11.9 Å². The summed E-state index contributed by atoms with van der Waals surface area (Å²) in [5.41, 5.74) is 2.92. The van der Waals surface area contributed by atoms with Crippen molar-refractivity contribution >= 4 is 43.2 Å². The van der Waals surface area contributed by atoms with Crippen LogP contribution in [0.25, 0.3) is 0 Å². The first-order valence-electron chi connectivity index (χ1n) is 5.17. The molecule has 1 heterocycles. The number of methoxy groups -OCH3 is 1. The molecule has 18 heavy (non-hydrogen) atoms. The monoisotopic (exact) mass is 391 g/mol. The van der Waals surface area contributed by atoms with Gasteiger partial charge in [0.15, 0.2) is 11.5 Å². The number of nitrogens with zero attached hydrogens (tertiary/aromatic N) is 1. The van der Waals surface area contributed by atoms with Crippen molar-refractivity contribution < 1.29 is 9.47 Å². The summed E-state index contributed by atoms with van der Waals surface area (Å²) in [6.07, 6.45) is 1.80. The molecule has 0 aliphatic heterocycles. The Morgan fingerprint density at radius 2 is 2.22 bits per heavy atom. The number of ether oxygens (including phenoxy) is 2. The molecular weight excluding hydrogens is 382 g/mol. The second kappa shape index (κ2) is 6.54. The second-order valence-corrected chi connectivity index (χ2v) is 5.89. The fourth-order valence-corrected chi connectivity index (χ4v) is 2.88. The first-order valence-corrected chi connectivity index (χ1v) is 7.96. The van der Waals surface area contributed by atoms with Crippen LogP contribution < -0.4 is 9.47 Å². The van der Waals surface area contributed by atoms with Crippen LogP contribution in [0, 0.1) is 0 Å². The minimum Gasteiger partial charge on any atom is -0.493 e. The van der Waals surface area contributed by atoms with Crippen molar-refractivity contribution in [2.24, 2.45) is 0 Å². The highest BCUT2D eigenvalue weighted by molar-refractivity contribution is 9.10. The normalized spacial score (nSPS) is 10.4. The van der Waals surface area contributed by atoms with Gasteiger partial charge in [0.05, 0.1) is 22.0 Å². The van der Waals surface area contributed by atoms with Gasteiger partial charge >= 0.3 is 0 Å². The van der Waals surface area contributed by atoms with Crippen molar-refractivity contribution in [1.82, 2.24) is 4.98 Å². The van der Waals surface area contributed by atoms with Crippen LogP contribution in [-0.4, -0.2) is 12.1 Å². The molecule has 0 aliphatic rings. The van der Waals surface area contributed by atoms with Crippen LogP contribution in [-0.2, 0) is 11.9 Å². The molecule has 0 spiro atoms. The van der Waals surface area contributed by atoms with E-state index in [1.165, 1.54) is 0 Å². The molecule has 0 saturated carbocycles. The van der Waals surface area contributed by atoms with E-state index in [1.807, 2.05) is 12.1 Å². The van der Waals surface area contributed by atoms with E-state index in [1.54, 1.807) is 30.2 Å². The van der Waals surface area contributed by atoms with Crippen molar-refractivity contribution in [3.63, 3.8) is 0 Å². The predicted molar refractivity (Wildman–Crippen MR) is 79.8 cm³/mol. The van der Waals surface area contributed by atoms with Gasteiger partial charge in [-0.2, -0.15) is 0 Å². The van der Waals surface area contributed by atoms with Gasteiger partial charge < -0.3 is 9.47 Å². The number of rotatable bonds is 5. The summed E-state index contributed by atoms with van der Waals surface area (Å²) in [4.78, 5) is 5.09. The Morgan fingerprint density at radius 1 is 1.39 bits per heavy atom. The molecule has 0 aliphatic carbocycles. The molecular formula is C12H11Br2NO2S. The summed E-state index contributed by atoms with van der Waals surface area (Å²) in [7, 11) is 1.64. The van der Waals surface area contributed by atoms with E-state index < -0.39 is 0 Å². The van der Waals surface area contributed by atoms with Crippen molar-refractivity contribution in [3.8, 4) is 11.5 Å². The fraction of sp³-hybridized carbons (Fsp3) is 0.250. The van der Waals surface area contributed by atoms with Gasteiger partial charge in [-0.25, -0.2) is 0 Å². The summed E-state index contributed by atoms with van der Waals surface area (Å²) in [5, 5.41) is 0.775. The molecule has 0 amide bonds. The van der Waals surface area contributed by atoms with Gasteiger partial charge in [0.1, 0.15) is 6.61 Å². The van der Waals surface area contributed by atoms with Crippen LogP contribution in [0.15, 0.2) is 28.3 Å². The van der Waals surface area contributed by atoms with E-state index in [2.05, 4.69) is 36.8 Å². The van der Waals surface area contributed by atoms with E-state index >= 15 is 0 Å². The highest BCUT2D eigenvalue weighted by Gasteiger charge is 2.11. The zero-order valence-electron chi connectivity index (χ0n) is 9.65. The van der Waals surface area contributed by atoms with Gasteiger partial charge in [0, 0.05) is 11.5 Å². The largest absolute Gasteiger partial charge is 0.493 e. The predicted octanol–water partition coefficient (Wildman–Crippen LogP) is 4.39. The maximum atomic E-state index is 5.79. The molecule has 6 heteroatoms. The van der Waals surface area contributed by atoms with Crippen molar-refractivity contribution in [2.75, 3.05) is 7.11 Å². The number of hydrogen-bond donors (Lipinski definition) is 0. The van der Waals surface area contributed by atoms with Crippen LogP contribution >= 0.6 is 43.2 Å². The molecule has 0 N–H and O–H groups in total. The Balaban J connectivity index is 2.20. The van der Waals surface area contributed by atoms with Gasteiger partial charge in [-0.05, 0) is 33.6 Å². The Morgan fingerprint density at radius 3 is 2.83 bits per heavy atom. The molecule has 0 unspecified atom stereocenters. The number of alkyl halides is 1. The topological polar surface area (TPSA) is 31.4 Å². The maximum Gasteiger partial charge on any atom is 0.175 e. The van der Waals surface area contributed by atoms with Crippen LogP contribution in [0.3, 0.4) is 0 Å². The smallest absolute Gasteiger partial charge is 0.175 e. The third kappa shape index (κ3) is 3.24. The van der Waals surface area contributed by atoms with Gasteiger partial charge in [-0.1, -0.05) is 15.9 Å². The lowest BCUT2D eigenvalue weighted by molar-refractivity contribution is 0.285. The molecule has 1 aromatic heterocycles. The molecule has 0 bridgehead atoms. The minimum atomic E-state index is 0.493. The molecule has 96 valence electrons. The maximum absolute atomic E-state index is 5.79. The van der Waals surface area contributed by atoms with E-state index in [4.69, 9.17) is 9.47 Å². The molecule has 0 radical (unpaired) electrons. The standard InChI is InChI=1S/C12H11Br2NO2S/c1-16-11-3-8(4-13)2-10(14)12(11)17-6-9-5-15-7-18-9/h2-3,5,7H,4,6H2,1H3. The highest BCUT2D eigenvalue weighted by Crippen LogP contribution is 2.37. The van der Waals surface area contributed by atoms with Crippen molar-refractivity contribution in [1.29, 1.82) is 0 Å². The van der Waals surface area contributed by atoms with E-state index in [0.717, 1.165) is 31.7 Å². The highest BCUT2D eigenvalue weighted by atomic mass is 79.9. The molecule has 0 atom stereocenters. The molecule has 0 saturated heterocycles. The molecule has 2 aromatic rings. The second-order valence-electron chi connectivity index (χ2n) is 3.50. The van der Waals surface area contributed by atoms with Gasteiger partial charge in [0.25, 0.3) is 0 Å². The number of benzene rings is 1. The lowest BCUT2D eigenvalue weighted by atomic mass is 10.2. The third-order valence-corrected chi connectivity index (χ3v) is 4.28. The quantitative estimate of drug-likeness (QED) is 0.707. The number of halogens is 2. The Bertz CT molecular complexity index is 517. The number of thiazole rings is 1. The fourth-order valence-electron chi connectivity index (χ4n) is 1.45. The molecule has 3 nitrogen and oxygen atoms in total. The zero-order valence-corrected chi connectivity index (χ0v) is 13.6. The van der Waals surface area contributed by atoms with Crippen LogP contribution in [0.1, 0.15) is 10.4 Å². The molecule has 2 rings (SSSR count). The van der Waals surface area contributed by atoms with Crippen LogP contribution in [0.5, 0.6) is 11.5 Å². The summed E-state index contributed by atoms with van der Waals surface area (Å²) in [6.45, 7) is 0.493. The number of aromatic nitrogens is 1. The minimum absolute atomic E-state index is 0.493. The van der Waals surface area contributed by atoms with Gasteiger partial charge in [-0.3, -0.25) is 4.98 Å². The summed E-state index contributed by atoms with van der Waals surface area (Å²) in [5.74, 6) is 1.44. The summed E-state index contributed by atoms with van der Waals surface area (Å²) >= 11 is 8.50. The van der Waals surface area contributed by atoms with E-state index in [9.17, 15) is 0 Å². The first-order chi connectivity index (χ1) is 8.74. The Kier molecular flexibility index (Phi) is 5.03. The first kappa shape index (κ1) is 13.8. The average molecular weight is 393 g/mol. The molecule has 0 fully saturated rings.